The maximum absolute atomic E-state index is 6.10. The molecular weight excluding hydrogens is 556 g/mol. The zero-order valence-corrected chi connectivity index (χ0v) is 18.6. The number of pyridine rings is 3. The molecule has 0 bridgehead atoms. The molecule has 153 valence electrons. The van der Waals surface area contributed by atoms with E-state index in [2.05, 4.69) is 26.3 Å². The third-order valence-electron chi connectivity index (χ3n) is 4.07. The Balaban J connectivity index is 0.00000256. The van der Waals surface area contributed by atoms with E-state index in [9.17, 15) is 0 Å². The van der Waals surface area contributed by atoms with Crippen molar-refractivity contribution in [1.82, 2.24) is 20.3 Å². The molecule has 0 amide bonds. The van der Waals surface area contributed by atoms with E-state index >= 15 is 0 Å². The van der Waals surface area contributed by atoms with Crippen molar-refractivity contribution in [2.45, 2.75) is 6.54 Å². The predicted molar refractivity (Wildman–Crippen MR) is 110 cm³/mol. The first-order valence-corrected chi connectivity index (χ1v) is 9.13. The van der Waals surface area contributed by atoms with Gasteiger partial charge in [-0.3, -0.25) is 9.97 Å². The Kier molecular flexibility index (Phi) is 7.62. The maximum Gasteiger partial charge on any atom is 0.132 e. The molecule has 0 aliphatic carbocycles. The van der Waals surface area contributed by atoms with E-state index in [1.807, 2.05) is 49.5 Å². The molecule has 3 heterocycles. The zero-order chi connectivity index (χ0) is 19.9. The number of hydrogen-bond donors (Lipinski definition) is 1. The van der Waals surface area contributed by atoms with Crippen LogP contribution in [-0.2, 0) is 26.7 Å². The fourth-order valence-corrected chi connectivity index (χ4v) is 2.80. The first-order chi connectivity index (χ1) is 14.3. The molecule has 1 N–H and O–H groups in total. The van der Waals surface area contributed by atoms with Crippen LogP contribution in [0.1, 0.15) is 5.56 Å². The Bertz CT molecular complexity index is 1080. The van der Waals surface area contributed by atoms with E-state index in [4.69, 9.17) is 9.47 Å². The van der Waals surface area contributed by atoms with Crippen LogP contribution in [0, 0.1) is 6.07 Å². The number of benzene rings is 1. The third-order valence-corrected chi connectivity index (χ3v) is 4.07. The molecular formula is C23H19IrN4O2-. The van der Waals surface area contributed by atoms with Crippen LogP contribution in [0.5, 0.6) is 23.0 Å². The van der Waals surface area contributed by atoms with Gasteiger partial charge in [-0.2, -0.15) is 0 Å². The van der Waals surface area contributed by atoms with Crippen LogP contribution in [0.4, 0.5) is 0 Å². The smallest absolute Gasteiger partial charge is 0.132 e. The molecule has 0 atom stereocenters. The molecule has 7 heteroatoms. The van der Waals surface area contributed by atoms with Gasteiger partial charge in [0.2, 0.25) is 0 Å². The molecule has 4 aromatic rings. The van der Waals surface area contributed by atoms with E-state index < -0.39 is 0 Å². The molecule has 0 aliphatic heterocycles. The molecule has 0 spiro atoms. The molecule has 30 heavy (non-hydrogen) atoms. The van der Waals surface area contributed by atoms with Gasteiger partial charge in [0.15, 0.2) is 0 Å². The van der Waals surface area contributed by atoms with Gasteiger partial charge < -0.3 is 19.8 Å². The van der Waals surface area contributed by atoms with E-state index in [0.29, 0.717) is 23.0 Å². The summed E-state index contributed by atoms with van der Waals surface area (Å²) in [5.41, 5.74) is 2.63. The topological polar surface area (TPSA) is 69.2 Å². The van der Waals surface area contributed by atoms with Gasteiger partial charge >= 0.3 is 0 Å². The quantitative estimate of drug-likeness (QED) is 0.324. The number of rotatable bonds is 7. The molecule has 0 saturated heterocycles. The largest absolute Gasteiger partial charge is 0.500 e. The van der Waals surface area contributed by atoms with Crippen LogP contribution in [0.15, 0.2) is 79.5 Å². The number of ether oxygens (including phenoxy) is 2. The standard InChI is InChI=1S/C23H19N4O2.Ir/c1-24-14-17-8-11-27-22(12-17)21-7-6-18(28-19-4-2-9-25-15-19)13-23(21)29-20-5-3-10-26-16-20;/h2-6,8-13,15-16,24H,14H2,1H3;/q-1;. The Labute approximate surface area is 188 Å². The summed E-state index contributed by atoms with van der Waals surface area (Å²) >= 11 is 0. The second-order valence-corrected chi connectivity index (χ2v) is 6.24. The molecule has 0 saturated carbocycles. The van der Waals surface area contributed by atoms with Crippen LogP contribution < -0.4 is 14.8 Å². The minimum Gasteiger partial charge on any atom is -0.500 e. The van der Waals surface area contributed by atoms with Crippen molar-refractivity contribution in [3.05, 3.63) is 91.1 Å². The fourth-order valence-electron chi connectivity index (χ4n) is 2.80. The molecule has 6 nitrogen and oxygen atoms in total. The monoisotopic (exact) mass is 576 g/mol. The molecule has 4 rings (SSSR count). The van der Waals surface area contributed by atoms with Crippen molar-refractivity contribution < 1.29 is 29.6 Å². The Morgan fingerprint density at radius 2 is 1.63 bits per heavy atom. The van der Waals surface area contributed by atoms with E-state index in [-0.39, 0.29) is 20.1 Å². The van der Waals surface area contributed by atoms with E-state index in [1.54, 1.807) is 37.1 Å². The van der Waals surface area contributed by atoms with E-state index in [0.717, 1.165) is 23.4 Å². The van der Waals surface area contributed by atoms with Crippen LogP contribution in [0.2, 0.25) is 0 Å². The van der Waals surface area contributed by atoms with Crippen LogP contribution in [-0.4, -0.2) is 22.0 Å². The molecule has 0 unspecified atom stereocenters. The van der Waals surface area contributed by atoms with Crippen LogP contribution >= 0.6 is 0 Å². The molecule has 1 aromatic carbocycles. The van der Waals surface area contributed by atoms with Gasteiger partial charge in [0.05, 0.1) is 12.4 Å². The van der Waals surface area contributed by atoms with Crippen molar-refractivity contribution >= 4 is 0 Å². The van der Waals surface area contributed by atoms with Crippen molar-refractivity contribution in [2.75, 3.05) is 7.05 Å². The van der Waals surface area contributed by atoms with Gasteiger partial charge in [0.1, 0.15) is 11.5 Å². The zero-order valence-electron chi connectivity index (χ0n) is 16.2. The number of nitrogens with zero attached hydrogens (tertiary/aromatic N) is 3. The summed E-state index contributed by atoms with van der Waals surface area (Å²) in [7, 11) is 1.91. The van der Waals surface area contributed by atoms with Gasteiger partial charge in [-0.05, 0) is 48.6 Å². The van der Waals surface area contributed by atoms with E-state index in [1.165, 1.54) is 0 Å². The van der Waals surface area contributed by atoms with Gasteiger partial charge in [0, 0.05) is 56.7 Å². The van der Waals surface area contributed by atoms with Gasteiger partial charge in [0.25, 0.3) is 0 Å². The SMILES string of the molecule is CNCc1ccnc(-c2[c-]cc(Oc3cccnc3)cc2Oc2cccnc2)c1.[Ir]. The second-order valence-electron chi connectivity index (χ2n) is 6.24. The summed E-state index contributed by atoms with van der Waals surface area (Å²) in [6.07, 6.45) is 8.48. The summed E-state index contributed by atoms with van der Waals surface area (Å²) in [5, 5.41) is 3.15. The second kappa shape index (κ2) is 10.6. The van der Waals surface area contributed by atoms with Crippen molar-refractivity contribution in [3.63, 3.8) is 0 Å². The van der Waals surface area contributed by atoms with Crippen LogP contribution in [0.3, 0.4) is 0 Å². The minimum atomic E-state index is 0. The average molecular weight is 576 g/mol. The molecule has 1 radical (unpaired) electrons. The first-order valence-electron chi connectivity index (χ1n) is 9.13. The Morgan fingerprint density at radius 1 is 0.900 bits per heavy atom. The molecule has 0 aliphatic rings. The predicted octanol–water partition coefficient (Wildman–Crippen LogP) is 4.64. The Morgan fingerprint density at radius 3 is 2.30 bits per heavy atom. The molecule has 3 aromatic heterocycles. The summed E-state index contributed by atoms with van der Waals surface area (Å²) in [6, 6.07) is 18.2. The molecule has 0 fully saturated rings. The number of nitrogens with one attached hydrogen (secondary N) is 1. The number of hydrogen-bond acceptors (Lipinski definition) is 6. The Hall–Kier alpha value is -3.12. The van der Waals surface area contributed by atoms with Gasteiger partial charge in [-0.25, -0.2) is 0 Å². The maximum atomic E-state index is 6.10. The fraction of sp³-hybridized carbons (Fsp3) is 0.0870. The third kappa shape index (κ3) is 5.48. The summed E-state index contributed by atoms with van der Waals surface area (Å²) in [5.74, 6) is 2.42. The van der Waals surface area contributed by atoms with Crippen molar-refractivity contribution in [3.8, 4) is 34.3 Å². The average Bonchev–Trinajstić information content (AvgIpc) is 2.76. The summed E-state index contributed by atoms with van der Waals surface area (Å²) in [4.78, 5) is 12.7. The first kappa shape index (κ1) is 21.6. The normalized spacial score (nSPS) is 10.2. The summed E-state index contributed by atoms with van der Waals surface area (Å²) in [6.45, 7) is 0.747. The van der Waals surface area contributed by atoms with Gasteiger partial charge in [-0.1, -0.05) is 17.7 Å². The van der Waals surface area contributed by atoms with Crippen LogP contribution in [0.25, 0.3) is 11.3 Å². The minimum absolute atomic E-state index is 0. The van der Waals surface area contributed by atoms with Crippen molar-refractivity contribution in [2.24, 2.45) is 0 Å². The number of aromatic nitrogens is 3. The van der Waals surface area contributed by atoms with Crippen molar-refractivity contribution in [1.29, 1.82) is 0 Å². The summed E-state index contributed by atoms with van der Waals surface area (Å²) < 4.78 is 12.0. The van der Waals surface area contributed by atoms with Gasteiger partial charge in [-0.15, -0.1) is 12.1 Å².